The van der Waals surface area contributed by atoms with Gasteiger partial charge in [-0.25, -0.2) is 8.42 Å². The summed E-state index contributed by atoms with van der Waals surface area (Å²) in [6.45, 7) is 1.59. The van der Waals surface area contributed by atoms with Crippen molar-refractivity contribution in [3.63, 3.8) is 0 Å². The van der Waals surface area contributed by atoms with Gasteiger partial charge in [0.2, 0.25) is 10.0 Å². The molecule has 1 atom stereocenters. The van der Waals surface area contributed by atoms with Crippen LogP contribution in [0.4, 0.5) is 0 Å². The van der Waals surface area contributed by atoms with Gasteiger partial charge in [0, 0.05) is 6.07 Å². The van der Waals surface area contributed by atoms with Gasteiger partial charge >= 0.3 is 5.97 Å². The van der Waals surface area contributed by atoms with Crippen LogP contribution in [0.5, 0.6) is 5.75 Å². The van der Waals surface area contributed by atoms with E-state index in [1.54, 1.807) is 13.0 Å². The molecular weight excluding hydrogens is 258 g/mol. The SMILES string of the molecule is CC[C@H](NS(=O)(=O)c1cccc(OC)c1)C(=O)O. The number of ether oxygens (including phenoxy) is 1. The quantitative estimate of drug-likeness (QED) is 0.801. The molecule has 0 aliphatic carbocycles. The van der Waals surface area contributed by atoms with Crippen LogP contribution in [0.25, 0.3) is 0 Å². The molecule has 1 aromatic rings. The molecule has 6 nitrogen and oxygen atoms in total. The Labute approximate surface area is 106 Å². The van der Waals surface area contributed by atoms with Crippen molar-refractivity contribution < 1.29 is 23.1 Å². The van der Waals surface area contributed by atoms with Gasteiger partial charge in [0.15, 0.2) is 0 Å². The number of carbonyl (C=O) groups is 1. The second kappa shape index (κ2) is 5.83. The Morgan fingerprint density at radius 3 is 2.67 bits per heavy atom. The summed E-state index contributed by atoms with van der Waals surface area (Å²) in [6.07, 6.45) is 0.165. The van der Waals surface area contributed by atoms with E-state index in [9.17, 15) is 13.2 Å². The Bertz CT molecular complexity index is 526. The van der Waals surface area contributed by atoms with Crippen LogP contribution in [0.1, 0.15) is 13.3 Å². The molecule has 0 unspecified atom stereocenters. The molecule has 0 heterocycles. The molecule has 7 heteroatoms. The first-order valence-electron chi connectivity index (χ1n) is 5.30. The molecule has 18 heavy (non-hydrogen) atoms. The Morgan fingerprint density at radius 1 is 1.50 bits per heavy atom. The van der Waals surface area contributed by atoms with Crippen molar-refractivity contribution >= 4 is 16.0 Å². The highest BCUT2D eigenvalue weighted by atomic mass is 32.2. The molecule has 0 saturated heterocycles. The molecule has 0 fully saturated rings. The van der Waals surface area contributed by atoms with E-state index in [-0.39, 0.29) is 11.3 Å². The number of sulfonamides is 1. The lowest BCUT2D eigenvalue weighted by atomic mass is 10.2. The van der Waals surface area contributed by atoms with Gasteiger partial charge in [0.25, 0.3) is 0 Å². The lowest BCUT2D eigenvalue weighted by Crippen LogP contribution is -2.40. The van der Waals surface area contributed by atoms with Gasteiger partial charge in [-0.05, 0) is 18.6 Å². The zero-order chi connectivity index (χ0) is 13.8. The average Bonchev–Trinajstić information content (AvgIpc) is 2.35. The smallest absolute Gasteiger partial charge is 0.321 e. The summed E-state index contributed by atoms with van der Waals surface area (Å²) in [5.74, 6) is -0.815. The highest BCUT2D eigenvalue weighted by Gasteiger charge is 2.23. The summed E-state index contributed by atoms with van der Waals surface area (Å²) >= 11 is 0. The van der Waals surface area contributed by atoms with Crippen LogP contribution >= 0.6 is 0 Å². The molecule has 1 rings (SSSR count). The van der Waals surface area contributed by atoms with Gasteiger partial charge in [-0.1, -0.05) is 13.0 Å². The van der Waals surface area contributed by atoms with E-state index < -0.39 is 22.0 Å². The van der Waals surface area contributed by atoms with Crippen LogP contribution in [0.15, 0.2) is 29.2 Å². The highest BCUT2D eigenvalue weighted by Crippen LogP contribution is 2.17. The Kier molecular flexibility index (Phi) is 4.69. The number of aliphatic carboxylic acids is 1. The standard InChI is InChI=1S/C11H15NO5S/c1-3-10(11(13)14)12-18(15,16)9-6-4-5-8(7-9)17-2/h4-7,10,12H,3H2,1-2H3,(H,13,14)/t10-/m0/s1. The number of nitrogens with one attached hydrogen (secondary N) is 1. The number of rotatable bonds is 6. The van der Waals surface area contributed by atoms with Gasteiger partial charge in [0.1, 0.15) is 11.8 Å². The zero-order valence-corrected chi connectivity index (χ0v) is 10.9. The third kappa shape index (κ3) is 3.44. The van der Waals surface area contributed by atoms with E-state index in [1.165, 1.54) is 25.3 Å². The van der Waals surface area contributed by atoms with Crippen molar-refractivity contribution in [2.24, 2.45) is 0 Å². The largest absolute Gasteiger partial charge is 0.497 e. The van der Waals surface area contributed by atoms with Crippen LogP contribution in [-0.4, -0.2) is 32.6 Å². The van der Waals surface area contributed by atoms with Crippen LogP contribution in [-0.2, 0) is 14.8 Å². The maximum absolute atomic E-state index is 11.9. The molecule has 0 radical (unpaired) electrons. The van der Waals surface area contributed by atoms with Gasteiger partial charge < -0.3 is 9.84 Å². The summed E-state index contributed by atoms with van der Waals surface area (Å²) in [7, 11) is -2.44. The van der Waals surface area contributed by atoms with Crippen LogP contribution in [0, 0.1) is 0 Å². The first-order valence-corrected chi connectivity index (χ1v) is 6.78. The van der Waals surface area contributed by atoms with Crippen LogP contribution in [0.3, 0.4) is 0 Å². The number of benzene rings is 1. The third-order valence-electron chi connectivity index (χ3n) is 2.36. The average molecular weight is 273 g/mol. The topological polar surface area (TPSA) is 92.7 Å². The van der Waals surface area contributed by atoms with Crippen molar-refractivity contribution in [1.29, 1.82) is 0 Å². The lowest BCUT2D eigenvalue weighted by molar-refractivity contribution is -0.139. The van der Waals surface area contributed by atoms with Gasteiger partial charge in [-0.15, -0.1) is 0 Å². The summed E-state index contributed by atoms with van der Waals surface area (Å²) in [5.41, 5.74) is 0. The number of hydrogen-bond acceptors (Lipinski definition) is 4. The van der Waals surface area contributed by atoms with E-state index in [2.05, 4.69) is 4.72 Å². The zero-order valence-electron chi connectivity index (χ0n) is 10.1. The minimum Gasteiger partial charge on any atom is -0.497 e. The summed E-state index contributed by atoms with van der Waals surface area (Å²) in [6, 6.07) is 4.69. The van der Waals surface area contributed by atoms with Gasteiger partial charge in [-0.2, -0.15) is 4.72 Å². The third-order valence-corrected chi connectivity index (χ3v) is 3.82. The molecule has 0 spiro atoms. The van der Waals surface area contributed by atoms with Crippen molar-refractivity contribution in [2.45, 2.75) is 24.3 Å². The van der Waals surface area contributed by atoms with Gasteiger partial charge in [0.05, 0.1) is 12.0 Å². The fourth-order valence-electron chi connectivity index (χ4n) is 1.33. The highest BCUT2D eigenvalue weighted by molar-refractivity contribution is 7.89. The summed E-state index contributed by atoms with van der Waals surface area (Å²) < 4.78 is 30.9. The fraction of sp³-hybridized carbons (Fsp3) is 0.364. The summed E-state index contributed by atoms with van der Waals surface area (Å²) in [4.78, 5) is 10.8. The Hall–Kier alpha value is -1.60. The van der Waals surface area contributed by atoms with E-state index >= 15 is 0 Å². The first-order chi connectivity index (χ1) is 8.40. The molecular formula is C11H15NO5S. The molecule has 0 amide bonds. The molecule has 1 aromatic carbocycles. The molecule has 0 bridgehead atoms. The molecule has 2 N–H and O–H groups in total. The minimum absolute atomic E-state index is 0.0263. The van der Waals surface area contributed by atoms with Gasteiger partial charge in [-0.3, -0.25) is 4.79 Å². The number of hydrogen-bond donors (Lipinski definition) is 2. The van der Waals surface area contributed by atoms with Crippen molar-refractivity contribution in [2.75, 3.05) is 7.11 Å². The molecule has 0 aliphatic rings. The number of carboxylic acids is 1. The predicted octanol–water partition coefficient (Wildman–Crippen LogP) is 0.837. The van der Waals surface area contributed by atoms with Crippen molar-refractivity contribution in [3.05, 3.63) is 24.3 Å². The second-order valence-electron chi connectivity index (χ2n) is 3.60. The second-order valence-corrected chi connectivity index (χ2v) is 5.31. The van der Waals surface area contributed by atoms with Crippen LogP contribution < -0.4 is 9.46 Å². The molecule has 0 aromatic heterocycles. The Morgan fingerprint density at radius 2 is 2.17 bits per heavy atom. The maximum atomic E-state index is 11.9. The predicted molar refractivity (Wildman–Crippen MR) is 65.0 cm³/mol. The van der Waals surface area contributed by atoms with E-state index in [1.807, 2.05) is 0 Å². The first kappa shape index (κ1) is 14.5. The van der Waals surface area contributed by atoms with E-state index in [0.29, 0.717) is 5.75 Å². The minimum atomic E-state index is -3.86. The van der Waals surface area contributed by atoms with Crippen molar-refractivity contribution in [3.8, 4) is 5.75 Å². The van der Waals surface area contributed by atoms with Crippen molar-refractivity contribution in [1.82, 2.24) is 4.72 Å². The monoisotopic (exact) mass is 273 g/mol. The number of carboxylic acid groups (broad SMARTS) is 1. The maximum Gasteiger partial charge on any atom is 0.321 e. The summed E-state index contributed by atoms with van der Waals surface area (Å²) in [5, 5.41) is 8.83. The normalized spacial score (nSPS) is 13.0. The molecule has 100 valence electrons. The van der Waals surface area contributed by atoms with E-state index in [4.69, 9.17) is 9.84 Å². The van der Waals surface area contributed by atoms with Crippen LogP contribution in [0.2, 0.25) is 0 Å². The lowest BCUT2D eigenvalue weighted by Gasteiger charge is -2.13. The molecule has 0 aliphatic heterocycles. The fourth-order valence-corrected chi connectivity index (χ4v) is 2.64. The Balaban J connectivity index is 3.02. The van der Waals surface area contributed by atoms with E-state index in [0.717, 1.165) is 0 Å². The molecule has 0 saturated carbocycles. The number of methoxy groups -OCH3 is 1.